The highest BCUT2D eigenvalue weighted by atomic mass is 32.1. The molecule has 3 aromatic rings. The molecule has 0 bridgehead atoms. The number of nitrogens with zero attached hydrogens (tertiary/aromatic N) is 3. The Balaban J connectivity index is 2.03. The van der Waals surface area contributed by atoms with Crippen molar-refractivity contribution in [3.05, 3.63) is 62.4 Å². The van der Waals surface area contributed by atoms with Crippen LogP contribution in [0.3, 0.4) is 0 Å². The Hall–Kier alpha value is -2.02. The Labute approximate surface area is 149 Å². The Morgan fingerprint density at radius 2 is 2.00 bits per heavy atom. The number of hydrogen-bond acceptors (Lipinski definition) is 5. The molecule has 2 heterocycles. The van der Waals surface area contributed by atoms with Crippen molar-refractivity contribution in [3.63, 3.8) is 0 Å². The molecular formula is C18H19N3OS2. The third kappa shape index (κ3) is 3.90. The molecule has 0 aliphatic heterocycles. The summed E-state index contributed by atoms with van der Waals surface area (Å²) in [4.78, 5) is 6.64. The lowest BCUT2D eigenvalue weighted by Crippen LogP contribution is -2.13. The number of benzene rings is 1. The molecule has 0 saturated heterocycles. The van der Waals surface area contributed by atoms with Crippen LogP contribution in [0.25, 0.3) is 11.3 Å². The van der Waals surface area contributed by atoms with Crippen LogP contribution in [0.4, 0.5) is 0 Å². The standard InChI is InChI=1S/C18H19N3OS2/c1-14-8-11-23-17(14)12-20-21-16(15-6-4-3-5-7-15)13-24-18(21)19-9-10-22-2/h3-8,11-13H,9-10H2,1-2H3/b19-18?,20-12-. The first kappa shape index (κ1) is 16.8. The molecule has 0 amide bonds. The van der Waals surface area contributed by atoms with E-state index in [0.29, 0.717) is 13.2 Å². The summed E-state index contributed by atoms with van der Waals surface area (Å²) in [5.74, 6) is 0. The zero-order chi connectivity index (χ0) is 16.8. The van der Waals surface area contributed by atoms with E-state index in [4.69, 9.17) is 9.84 Å². The SMILES string of the molecule is COCCN=c1scc(-c2ccccc2)n1/N=C\c1sccc1C. The second-order valence-corrected chi connectivity index (χ2v) is 6.95. The maximum atomic E-state index is 5.09. The van der Waals surface area contributed by atoms with E-state index in [0.717, 1.165) is 20.9 Å². The van der Waals surface area contributed by atoms with Gasteiger partial charge >= 0.3 is 0 Å². The summed E-state index contributed by atoms with van der Waals surface area (Å²) in [5, 5.41) is 8.88. The minimum Gasteiger partial charge on any atom is -0.383 e. The molecule has 0 aliphatic carbocycles. The van der Waals surface area contributed by atoms with E-state index in [1.807, 2.05) is 29.1 Å². The van der Waals surface area contributed by atoms with E-state index in [1.54, 1.807) is 29.8 Å². The summed E-state index contributed by atoms with van der Waals surface area (Å²) in [6.45, 7) is 3.32. The lowest BCUT2D eigenvalue weighted by molar-refractivity contribution is 0.207. The van der Waals surface area contributed by atoms with Gasteiger partial charge in [0.05, 0.1) is 29.9 Å². The highest BCUT2D eigenvalue weighted by Gasteiger charge is 2.07. The molecule has 0 N–H and O–H groups in total. The van der Waals surface area contributed by atoms with Crippen LogP contribution in [0.1, 0.15) is 10.4 Å². The van der Waals surface area contributed by atoms with Gasteiger partial charge in [-0.15, -0.1) is 22.7 Å². The summed E-state index contributed by atoms with van der Waals surface area (Å²) in [6.07, 6.45) is 1.91. The second-order valence-electron chi connectivity index (χ2n) is 5.17. The van der Waals surface area contributed by atoms with Gasteiger partial charge < -0.3 is 4.74 Å². The molecule has 6 heteroatoms. The van der Waals surface area contributed by atoms with Gasteiger partial charge in [0.15, 0.2) is 0 Å². The van der Waals surface area contributed by atoms with Crippen LogP contribution in [-0.4, -0.2) is 31.2 Å². The fraction of sp³-hybridized carbons (Fsp3) is 0.222. The molecular weight excluding hydrogens is 338 g/mol. The molecule has 1 aromatic carbocycles. The topological polar surface area (TPSA) is 38.9 Å². The Morgan fingerprint density at radius 1 is 1.17 bits per heavy atom. The lowest BCUT2D eigenvalue weighted by Gasteiger charge is -2.03. The smallest absolute Gasteiger partial charge is 0.206 e. The summed E-state index contributed by atoms with van der Waals surface area (Å²) < 4.78 is 7.01. The molecule has 4 nitrogen and oxygen atoms in total. The zero-order valence-electron chi connectivity index (χ0n) is 13.7. The third-order valence-electron chi connectivity index (χ3n) is 3.49. The number of thiazole rings is 1. The van der Waals surface area contributed by atoms with Crippen LogP contribution in [0, 0.1) is 6.92 Å². The van der Waals surface area contributed by atoms with Crippen LogP contribution in [0.15, 0.2) is 57.3 Å². The summed E-state index contributed by atoms with van der Waals surface area (Å²) in [7, 11) is 1.69. The summed E-state index contributed by atoms with van der Waals surface area (Å²) >= 11 is 3.28. The van der Waals surface area contributed by atoms with Crippen molar-refractivity contribution in [2.75, 3.05) is 20.3 Å². The van der Waals surface area contributed by atoms with Crippen LogP contribution in [-0.2, 0) is 4.74 Å². The Bertz CT molecular complexity index is 875. The molecule has 0 fully saturated rings. The van der Waals surface area contributed by atoms with Crippen LogP contribution in [0.2, 0.25) is 0 Å². The molecule has 0 unspecified atom stereocenters. The van der Waals surface area contributed by atoms with E-state index in [-0.39, 0.29) is 0 Å². The van der Waals surface area contributed by atoms with Gasteiger partial charge in [-0.2, -0.15) is 5.10 Å². The monoisotopic (exact) mass is 357 g/mol. The van der Waals surface area contributed by atoms with E-state index >= 15 is 0 Å². The third-order valence-corrected chi connectivity index (χ3v) is 5.30. The van der Waals surface area contributed by atoms with Gasteiger partial charge in [-0.05, 0) is 23.9 Å². The number of thiophene rings is 1. The maximum Gasteiger partial charge on any atom is 0.206 e. The number of aryl methyl sites for hydroxylation is 1. The molecule has 0 spiro atoms. The number of rotatable bonds is 6. The molecule has 0 radical (unpaired) electrons. The molecule has 24 heavy (non-hydrogen) atoms. The normalized spacial score (nSPS) is 12.3. The van der Waals surface area contributed by atoms with Crippen molar-refractivity contribution >= 4 is 28.9 Å². The average Bonchev–Trinajstić information content (AvgIpc) is 3.20. The largest absolute Gasteiger partial charge is 0.383 e. The fourth-order valence-corrected chi connectivity index (χ4v) is 3.83. The quantitative estimate of drug-likeness (QED) is 0.485. The van der Waals surface area contributed by atoms with Gasteiger partial charge in [-0.25, -0.2) is 4.68 Å². The van der Waals surface area contributed by atoms with E-state index < -0.39 is 0 Å². The predicted molar refractivity (Wildman–Crippen MR) is 102 cm³/mol. The number of methoxy groups -OCH3 is 1. The van der Waals surface area contributed by atoms with Crippen molar-refractivity contribution < 1.29 is 4.74 Å². The first-order valence-electron chi connectivity index (χ1n) is 7.63. The van der Waals surface area contributed by atoms with Crippen LogP contribution >= 0.6 is 22.7 Å². The van der Waals surface area contributed by atoms with Crippen molar-refractivity contribution in [2.45, 2.75) is 6.92 Å². The van der Waals surface area contributed by atoms with Gasteiger partial charge in [0.25, 0.3) is 0 Å². The Kier molecular flexibility index (Phi) is 5.74. The van der Waals surface area contributed by atoms with E-state index in [2.05, 4.69) is 40.9 Å². The molecule has 0 aliphatic rings. The highest BCUT2D eigenvalue weighted by molar-refractivity contribution is 7.11. The van der Waals surface area contributed by atoms with Gasteiger partial charge in [0.1, 0.15) is 0 Å². The van der Waals surface area contributed by atoms with E-state index in [9.17, 15) is 0 Å². The molecule has 0 atom stereocenters. The van der Waals surface area contributed by atoms with Crippen molar-refractivity contribution in [3.8, 4) is 11.3 Å². The van der Waals surface area contributed by atoms with Gasteiger partial charge in [0.2, 0.25) is 4.80 Å². The lowest BCUT2D eigenvalue weighted by atomic mass is 10.2. The number of aromatic nitrogens is 1. The van der Waals surface area contributed by atoms with Crippen molar-refractivity contribution in [2.24, 2.45) is 10.1 Å². The summed E-state index contributed by atoms with van der Waals surface area (Å²) in [6, 6.07) is 12.4. The van der Waals surface area contributed by atoms with Gasteiger partial charge in [0, 0.05) is 18.1 Å². The minimum atomic E-state index is 0.603. The van der Waals surface area contributed by atoms with E-state index in [1.165, 1.54) is 5.56 Å². The second kappa shape index (κ2) is 8.19. The highest BCUT2D eigenvalue weighted by Crippen LogP contribution is 2.20. The molecule has 124 valence electrons. The van der Waals surface area contributed by atoms with Crippen LogP contribution in [0.5, 0.6) is 0 Å². The van der Waals surface area contributed by atoms with Crippen molar-refractivity contribution in [1.82, 2.24) is 4.68 Å². The molecule has 0 saturated carbocycles. The first-order valence-corrected chi connectivity index (χ1v) is 9.39. The van der Waals surface area contributed by atoms with Gasteiger partial charge in [-0.1, -0.05) is 30.3 Å². The first-order chi connectivity index (χ1) is 11.8. The predicted octanol–water partition coefficient (Wildman–Crippen LogP) is 4.02. The molecule has 2 aromatic heterocycles. The number of hydrogen-bond donors (Lipinski definition) is 0. The molecule has 3 rings (SSSR count). The summed E-state index contributed by atoms with van der Waals surface area (Å²) in [5.41, 5.74) is 3.41. The minimum absolute atomic E-state index is 0.603. The number of ether oxygens (including phenoxy) is 1. The average molecular weight is 358 g/mol. The fourth-order valence-electron chi connectivity index (χ4n) is 2.19. The van der Waals surface area contributed by atoms with Gasteiger partial charge in [-0.3, -0.25) is 4.99 Å². The van der Waals surface area contributed by atoms with Crippen molar-refractivity contribution in [1.29, 1.82) is 0 Å². The zero-order valence-corrected chi connectivity index (χ0v) is 15.3. The Morgan fingerprint density at radius 3 is 2.71 bits per heavy atom. The maximum absolute atomic E-state index is 5.09. The van der Waals surface area contributed by atoms with Crippen LogP contribution < -0.4 is 4.80 Å².